The van der Waals surface area contributed by atoms with Crippen molar-refractivity contribution in [2.24, 2.45) is 0 Å². The largest absolute Gasteiger partial charge is 0.476 e. The number of thiophene rings is 1. The fourth-order valence-electron chi connectivity index (χ4n) is 1.27. The Kier molecular flexibility index (Phi) is 3.02. The molecule has 16 heavy (non-hydrogen) atoms. The van der Waals surface area contributed by atoms with Gasteiger partial charge in [0.15, 0.2) is 11.5 Å². The number of carbonyl (C=O) groups is 1. The third-order valence-electron chi connectivity index (χ3n) is 1.89. The van der Waals surface area contributed by atoms with Crippen LogP contribution in [0.4, 0.5) is 0 Å². The Morgan fingerprint density at radius 2 is 2.50 bits per heavy atom. The van der Waals surface area contributed by atoms with E-state index in [-0.39, 0.29) is 24.0 Å². The van der Waals surface area contributed by atoms with E-state index in [0.717, 1.165) is 4.88 Å². The number of carboxylic acid groups (broad SMARTS) is 1. The first-order valence-corrected chi connectivity index (χ1v) is 5.36. The molecule has 0 fully saturated rings. The van der Waals surface area contributed by atoms with Gasteiger partial charge in [-0.1, -0.05) is 6.07 Å². The quantitative estimate of drug-likeness (QED) is 0.885. The predicted molar refractivity (Wildman–Crippen MR) is 57.5 cm³/mol. The van der Waals surface area contributed by atoms with Crippen molar-refractivity contribution in [3.8, 4) is 10.6 Å². The summed E-state index contributed by atoms with van der Waals surface area (Å²) in [5.74, 6) is -0.549. The van der Waals surface area contributed by atoms with Crippen molar-refractivity contribution < 1.29 is 19.1 Å². The van der Waals surface area contributed by atoms with E-state index in [1.165, 1.54) is 18.4 Å². The Morgan fingerprint density at radius 1 is 1.69 bits per heavy atom. The van der Waals surface area contributed by atoms with Gasteiger partial charge >= 0.3 is 5.97 Å². The fraction of sp³-hybridized carbons (Fsp3) is 0.200. The van der Waals surface area contributed by atoms with Crippen LogP contribution < -0.4 is 0 Å². The van der Waals surface area contributed by atoms with E-state index in [2.05, 4.69) is 4.98 Å². The van der Waals surface area contributed by atoms with Gasteiger partial charge < -0.3 is 14.3 Å². The van der Waals surface area contributed by atoms with Gasteiger partial charge in [0.25, 0.3) is 0 Å². The minimum absolute atomic E-state index is 0.0745. The molecule has 1 N–H and O–H groups in total. The van der Waals surface area contributed by atoms with Crippen molar-refractivity contribution in [2.75, 3.05) is 7.11 Å². The van der Waals surface area contributed by atoms with Crippen LogP contribution in [0.25, 0.3) is 10.6 Å². The lowest BCUT2D eigenvalue weighted by molar-refractivity contribution is 0.0691. The lowest BCUT2D eigenvalue weighted by Crippen LogP contribution is -1.99. The molecule has 5 nitrogen and oxygen atoms in total. The zero-order valence-electron chi connectivity index (χ0n) is 8.47. The number of aromatic carboxylic acids is 1. The van der Waals surface area contributed by atoms with Crippen molar-refractivity contribution in [3.63, 3.8) is 0 Å². The van der Waals surface area contributed by atoms with E-state index < -0.39 is 5.97 Å². The minimum atomic E-state index is -1.10. The second-order valence-electron chi connectivity index (χ2n) is 3.00. The molecule has 0 saturated carbocycles. The number of ether oxygens (including phenoxy) is 1. The average molecular weight is 239 g/mol. The van der Waals surface area contributed by atoms with Crippen molar-refractivity contribution in [1.29, 1.82) is 0 Å². The average Bonchev–Trinajstić information content (AvgIpc) is 2.83. The third-order valence-corrected chi connectivity index (χ3v) is 2.76. The molecule has 0 aliphatic carbocycles. The fourth-order valence-corrected chi connectivity index (χ4v) is 1.98. The highest BCUT2D eigenvalue weighted by atomic mass is 32.1. The van der Waals surface area contributed by atoms with Crippen molar-refractivity contribution in [2.45, 2.75) is 6.61 Å². The van der Waals surface area contributed by atoms with Crippen LogP contribution in [0.1, 0.15) is 16.4 Å². The molecule has 0 spiro atoms. The summed E-state index contributed by atoms with van der Waals surface area (Å²) in [6, 6.07) is 3.61. The van der Waals surface area contributed by atoms with Crippen molar-refractivity contribution in [1.82, 2.24) is 4.98 Å². The van der Waals surface area contributed by atoms with Crippen molar-refractivity contribution >= 4 is 17.3 Å². The molecule has 84 valence electrons. The van der Waals surface area contributed by atoms with Crippen LogP contribution in [-0.4, -0.2) is 23.2 Å². The molecule has 2 aromatic rings. The minimum Gasteiger partial charge on any atom is -0.476 e. The molecule has 0 amide bonds. The van der Waals surface area contributed by atoms with Gasteiger partial charge in [-0.25, -0.2) is 9.78 Å². The first-order valence-electron chi connectivity index (χ1n) is 4.48. The number of carboxylic acids is 1. The smallest absolute Gasteiger partial charge is 0.358 e. The van der Waals surface area contributed by atoms with Crippen LogP contribution in [0, 0.1) is 0 Å². The van der Waals surface area contributed by atoms with Crippen LogP contribution in [0.2, 0.25) is 0 Å². The summed E-state index contributed by atoms with van der Waals surface area (Å²) < 4.78 is 10.2. The van der Waals surface area contributed by atoms with Crippen LogP contribution in [0.5, 0.6) is 0 Å². The van der Waals surface area contributed by atoms with Gasteiger partial charge in [-0.3, -0.25) is 0 Å². The summed E-state index contributed by atoms with van der Waals surface area (Å²) in [5, 5.41) is 10.8. The second kappa shape index (κ2) is 4.46. The zero-order chi connectivity index (χ0) is 11.5. The highest BCUT2D eigenvalue weighted by Crippen LogP contribution is 2.29. The normalized spacial score (nSPS) is 10.6. The molecule has 0 bridgehead atoms. The lowest BCUT2D eigenvalue weighted by Gasteiger charge is -1.92. The summed E-state index contributed by atoms with van der Waals surface area (Å²) in [7, 11) is 1.50. The lowest BCUT2D eigenvalue weighted by atomic mass is 10.3. The zero-order valence-corrected chi connectivity index (χ0v) is 9.28. The number of methoxy groups -OCH3 is 1. The van der Waals surface area contributed by atoms with Gasteiger partial charge in [-0.05, 0) is 11.4 Å². The van der Waals surface area contributed by atoms with Crippen LogP contribution in [-0.2, 0) is 11.3 Å². The Hall–Kier alpha value is -1.66. The number of rotatable bonds is 4. The van der Waals surface area contributed by atoms with E-state index in [9.17, 15) is 4.79 Å². The molecular formula is C10H9NO4S. The molecule has 2 aromatic heterocycles. The van der Waals surface area contributed by atoms with Gasteiger partial charge in [-0.15, -0.1) is 11.3 Å². The van der Waals surface area contributed by atoms with Crippen molar-refractivity contribution in [3.05, 3.63) is 29.1 Å². The molecule has 0 unspecified atom stereocenters. The standard InChI is InChI=1S/C10H9NO4S/c1-14-5-7-11-8(10(12)13)9(15-7)6-3-2-4-16-6/h2-4H,5H2,1H3,(H,12,13). The Labute approximate surface area is 95.3 Å². The molecule has 6 heteroatoms. The summed E-state index contributed by atoms with van der Waals surface area (Å²) in [6.07, 6.45) is 0. The summed E-state index contributed by atoms with van der Waals surface area (Å²) in [6.45, 7) is 0.158. The predicted octanol–water partition coefficient (Wildman–Crippen LogP) is 2.25. The SMILES string of the molecule is COCc1nc(C(=O)O)c(-c2cccs2)o1. The first-order chi connectivity index (χ1) is 7.72. The summed E-state index contributed by atoms with van der Waals surface area (Å²) in [5.41, 5.74) is -0.0745. The van der Waals surface area contributed by atoms with Gasteiger partial charge in [0.2, 0.25) is 5.89 Å². The number of nitrogens with zero attached hydrogens (tertiary/aromatic N) is 1. The summed E-state index contributed by atoms with van der Waals surface area (Å²) >= 11 is 1.40. The molecule has 2 rings (SSSR count). The van der Waals surface area contributed by atoms with Crippen LogP contribution in [0.15, 0.2) is 21.9 Å². The molecule has 0 aromatic carbocycles. The first kappa shape index (κ1) is 10.8. The molecular weight excluding hydrogens is 230 g/mol. The van der Waals surface area contributed by atoms with E-state index >= 15 is 0 Å². The maximum Gasteiger partial charge on any atom is 0.358 e. The number of hydrogen-bond donors (Lipinski definition) is 1. The van der Waals surface area contributed by atoms with Crippen LogP contribution in [0.3, 0.4) is 0 Å². The third kappa shape index (κ3) is 1.98. The maximum atomic E-state index is 11.0. The molecule has 2 heterocycles. The van der Waals surface area contributed by atoms with Gasteiger partial charge in [-0.2, -0.15) is 0 Å². The molecule has 0 aliphatic rings. The number of oxazole rings is 1. The Morgan fingerprint density at radius 3 is 3.06 bits per heavy atom. The second-order valence-corrected chi connectivity index (χ2v) is 3.95. The van der Waals surface area contributed by atoms with Crippen LogP contribution >= 0.6 is 11.3 Å². The highest BCUT2D eigenvalue weighted by Gasteiger charge is 2.21. The maximum absolute atomic E-state index is 11.0. The van der Waals surface area contributed by atoms with Gasteiger partial charge in [0.05, 0.1) is 4.88 Å². The Balaban J connectivity index is 2.46. The van der Waals surface area contributed by atoms with E-state index in [1.807, 2.05) is 11.4 Å². The summed E-state index contributed by atoms with van der Waals surface area (Å²) in [4.78, 5) is 15.6. The van der Waals surface area contributed by atoms with Gasteiger partial charge in [0, 0.05) is 7.11 Å². The topological polar surface area (TPSA) is 72.6 Å². The number of aromatic nitrogens is 1. The molecule has 0 atom stereocenters. The number of hydrogen-bond acceptors (Lipinski definition) is 5. The molecule has 0 aliphatic heterocycles. The Bertz CT molecular complexity index is 489. The van der Waals surface area contributed by atoms with E-state index in [4.69, 9.17) is 14.3 Å². The van der Waals surface area contributed by atoms with E-state index in [0.29, 0.717) is 0 Å². The molecule has 0 saturated heterocycles. The molecule has 0 radical (unpaired) electrons. The highest BCUT2D eigenvalue weighted by molar-refractivity contribution is 7.13. The monoisotopic (exact) mass is 239 g/mol. The van der Waals surface area contributed by atoms with Gasteiger partial charge in [0.1, 0.15) is 6.61 Å². The van der Waals surface area contributed by atoms with E-state index in [1.54, 1.807) is 6.07 Å².